The average molecular weight is 311 g/mol. The van der Waals surface area contributed by atoms with Crippen LogP contribution in [0, 0.1) is 0 Å². The highest BCUT2D eigenvalue weighted by Gasteiger charge is 2.34. The summed E-state index contributed by atoms with van der Waals surface area (Å²) in [7, 11) is 0. The van der Waals surface area contributed by atoms with Crippen LogP contribution in [0.2, 0.25) is 0 Å². The largest absolute Gasteiger partial charge is 0.486 e. The van der Waals surface area contributed by atoms with E-state index in [0.717, 1.165) is 5.56 Å². The van der Waals surface area contributed by atoms with E-state index < -0.39 is 6.10 Å². The normalized spacial score (nSPS) is 22.5. The number of nitrogens with zero attached hydrogens (tertiary/aromatic N) is 1. The molecule has 2 aliphatic rings. The van der Waals surface area contributed by atoms with Gasteiger partial charge in [0, 0.05) is 0 Å². The van der Waals surface area contributed by atoms with E-state index in [-0.39, 0.29) is 24.4 Å². The molecule has 0 saturated carbocycles. The molecule has 2 heterocycles. The van der Waals surface area contributed by atoms with Crippen LogP contribution in [0.25, 0.3) is 0 Å². The van der Waals surface area contributed by atoms with Gasteiger partial charge in [-0.25, -0.2) is 0 Å². The molecule has 0 radical (unpaired) electrons. The Hall–Kier alpha value is -1.44. The molecule has 1 fully saturated rings. The molecule has 3 rings (SSSR count). The molecule has 6 nitrogen and oxygen atoms in total. The van der Waals surface area contributed by atoms with Crippen molar-refractivity contribution in [1.82, 2.24) is 4.90 Å². The summed E-state index contributed by atoms with van der Waals surface area (Å²) in [6.07, 6.45) is -0.924. The predicted molar refractivity (Wildman–Crippen MR) is 77.4 cm³/mol. The van der Waals surface area contributed by atoms with Crippen molar-refractivity contribution >= 4 is 17.7 Å². The highest BCUT2D eigenvalue weighted by molar-refractivity contribution is 8.00. The fourth-order valence-electron chi connectivity index (χ4n) is 2.43. The SMILES string of the molecule is O=C1CSC(c2ccc3c(c2)OCCO3)N1CC(O)CO. The van der Waals surface area contributed by atoms with Gasteiger partial charge in [0.15, 0.2) is 11.5 Å². The van der Waals surface area contributed by atoms with Crippen LogP contribution in [0.5, 0.6) is 11.5 Å². The molecule has 1 saturated heterocycles. The summed E-state index contributed by atoms with van der Waals surface area (Å²) in [5.74, 6) is 1.73. The molecule has 0 spiro atoms. The van der Waals surface area contributed by atoms with Crippen LogP contribution >= 0.6 is 11.8 Å². The lowest BCUT2D eigenvalue weighted by atomic mass is 10.1. The number of carbonyl (C=O) groups excluding carboxylic acids is 1. The first kappa shape index (κ1) is 14.5. The van der Waals surface area contributed by atoms with E-state index >= 15 is 0 Å². The van der Waals surface area contributed by atoms with Crippen molar-refractivity contribution in [3.8, 4) is 11.5 Å². The van der Waals surface area contributed by atoms with E-state index in [1.165, 1.54) is 11.8 Å². The summed E-state index contributed by atoms with van der Waals surface area (Å²) in [6, 6.07) is 5.62. The van der Waals surface area contributed by atoms with Gasteiger partial charge in [-0.15, -0.1) is 11.8 Å². The average Bonchev–Trinajstić information content (AvgIpc) is 2.87. The third-order valence-corrected chi connectivity index (χ3v) is 4.69. The Morgan fingerprint density at radius 3 is 2.86 bits per heavy atom. The number of hydrogen-bond donors (Lipinski definition) is 2. The third-order valence-electron chi connectivity index (χ3n) is 3.44. The predicted octanol–water partition coefficient (Wildman–Crippen LogP) is 0.385. The smallest absolute Gasteiger partial charge is 0.233 e. The monoisotopic (exact) mass is 311 g/mol. The van der Waals surface area contributed by atoms with Gasteiger partial charge in [0.2, 0.25) is 5.91 Å². The van der Waals surface area contributed by atoms with Gasteiger partial charge in [0.1, 0.15) is 18.6 Å². The van der Waals surface area contributed by atoms with E-state index in [4.69, 9.17) is 14.6 Å². The summed E-state index contributed by atoms with van der Waals surface area (Å²) in [5, 5.41) is 18.4. The molecule has 0 bridgehead atoms. The Labute approximate surface area is 126 Å². The number of aliphatic hydroxyl groups excluding tert-OH is 2. The van der Waals surface area contributed by atoms with E-state index in [0.29, 0.717) is 30.5 Å². The topological polar surface area (TPSA) is 79.2 Å². The van der Waals surface area contributed by atoms with Crippen LogP contribution < -0.4 is 9.47 Å². The molecule has 1 aromatic rings. The highest BCUT2D eigenvalue weighted by Crippen LogP contribution is 2.42. The Balaban J connectivity index is 1.82. The second kappa shape index (κ2) is 6.13. The molecule has 0 aromatic heterocycles. The summed E-state index contributed by atoms with van der Waals surface area (Å²) in [6.45, 7) is 0.821. The minimum Gasteiger partial charge on any atom is -0.486 e. The first-order valence-electron chi connectivity index (χ1n) is 6.78. The molecule has 2 N–H and O–H groups in total. The molecule has 21 heavy (non-hydrogen) atoms. The fourth-order valence-corrected chi connectivity index (χ4v) is 3.61. The Morgan fingerprint density at radius 2 is 2.10 bits per heavy atom. The number of rotatable bonds is 4. The van der Waals surface area contributed by atoms with Crippen molar-refractivity contribution in [3.05, 3.63) is 23.8 Å². The van der Waals surface area contributed by atoms with Crippen LogP contribution in [-0.4, -0.2) is 59.2 Å². The number of β-amino-alcohol motifs (C(OH)–C–C–N with tert-alkyl or cyclic N) is 1. The standard InChI is InChI=1S/C14H17NO5S/c16-7-10(17)6-15-13(18)8-21-14(15)9-1-2-11-12(5-9)20-4-3-19-11/h1-2,5,10,14,16-17H,3-4,6-8H2. The second-order valence-electron chi connectivity index (χ2n) is 4.95. The quantitative estimate of drug-likeness (QED) is 0.837. The zero-order chi connectivity index (χ0) is 14.8. The van der Waals surface area contributed by atoms with Crippen LogP contribution in [0.3, 0.4) is 0 Å². The molecule has 2 unspecified atom stereocenters. The van der Waals surface area contributed by atoms with Crippen LogP contribution in [0.4, 0.5) is 0 Å². The number of carbonyl (C=O) groups is 1. The van der Waals surface area contributed by atoms with Crippen LogP contribution in [0.1, 0.15) is 10.9 Å². The second-order valence-corrected chi connectivity index (χ2v) is 6.02. The Morgan fingerprint density at radius 1 is 1.33 bits per heavy atom. The molecular weight excluding hydrogens is 294 g/mol. The van der Waals surface area contributed by atoms with Crippen LogP contribution in [-0.2, 0) is 4.79 Å². The number of hydrogen-bond acceptors (Lipinski definition) is 6. The maximum Gasteiger partial charge on any atom is 0.233 e. The minimum atomic E-state index is -0.924. The van der Waals surface area contributed by atoms with Gasteiger partial charge >= 0.3 is 0 Å². The van der Waals surface area contributed by atoms with Crippen molar-refractivity contribution in [2.45, 2.75) is 11.5 Å². The van der Waals surface area contributed by atoms with E-state index in [9.17, 15) is 9.90 Å². The molecule has 1 amide bonds. The summed E-state index contributed by atoms with van der Waals surface area (Å²) < 4.78 is 11.0. The Kier molecular flexibility index (Phi) is 4.23. The number of amides is 1. The number of aliphatic hydroxyl groups is 2. The van der Waals surface area contributed by atoms with Crippen molar-refractivity contribution in [3.63, 3.8) is 0 Å². The van der Waals surface area contributed by atoms with Crippen molar-refractivity contribution in [1.29, 1.82) is 0 Å². The molecule has 0 aliphatic carbocycles. The summed E-state index contributed by atoms with van der Waals surface area (Å²) in [4.78, 5) is 13.5. The van der Waals surface area contributed by atoms with Gasteiger partial charge in [0.05, 0.1) is 25.0 Å². The summed E-state index contributed by atoms with van der Waals surface area (Å²) >= 11 is 1.50. The molecule has 2 aliphatic heterocycles. The van der Waals surface area contributed by atoms with Gasteiger partial charge in [-0.05, 0) is 17.7 Å². The van der Waals surface area contributed by atoms with Gasteiger partial charge in [-0.2, -0.15) is 0 Å². The summed E-state index contributed by atoms with van der Waals surface area (Å²) in [5.41, 5.74) is 0.931. The number of fused-ring (bicyclic) bond motifs is 1. The maximum atomic E-state index is 12.0. The van der Waals surface area contributed by atoms with E-state index in [1.54, 1.807) is 4.90 Å². The highest BCUT2D eigenvalue weighted by atomic mass is 32.2. The lowest BCUT2D eigenvalue weighted by Gasteiger charge is -2.27. The maximum absolute atomic E-state index is 12.0. The van der Waals surface area contributed by atoms with Gasteiger partial charge in [-0.1, -0.05) is 6.07 Å². The molecule has 2 atom stereocenters. The first-order valence-corrected chi connectivity index (χ1v) is 7.83. The Bertz CT molecular complexity index is 538. The van der Waals surface area contributed by atoms with E-state index in [1.807, 2.05) is 18.2 Å². The number of ether oxygens (including phenoxy) is 2. The lowest BCUT2D eigenvalue weighted by molar-refractivity contribution is -0.129. The van der Waals surface area contributed by atoms with Crippen LogP contribution in [0.15, 0.2) is 18.2 Å². The fraction of sp³-hybridized carbons (Fsp3) is 0.500. The van der Waals surface area contributed by atoms with Gasteiger partial charge < -0.3 is 24.6 Å². The van der Waals surface area contributed by atoms with Crippen molar-refractivity contribution in [2.75, 3.05) is 32.1 Å². The molecular formula is C14H17NO5S. The molecule has 1 aromatic carbocycles. The lowest BCUT2D eigenvalue weighted by Crippen LogP contribution is -2.37. The first-order chi connectivity index (χ1) is 10.2. The zero-order valence-corrected chi connectivity index (χ0v) is 12.2. The van der Waals surface area contributed by atoms with Gasteiger partial charge in [-0.3, -0.25) is 4.79 Å². The third kappa shape index (κ3) is 2.95. The van der Waals surface area contributed by atoms with Gasteiger partial charge in [0.25, 0.3) is 0 Å². The molecule has 114 valence electrons. The van der Waals surface area contributed by atoms with E-state index in [2.05, 4.69) is 0 Å². The minimum absolute atomic E-state index is 0.0348. The molecule has 7 heteroatoms. The van der Waals surface area contributed by atoms with Crippen molar-refractivity contribution in [2.24, 2.45) is 0 Å². The number of thioether (sulfide) groups is 1. The number of benzene rings is 1. The van der Waals surface area contributed by atoms with Crippen molar-refractivity contribution < 1.29 is 24.5 Å². The zero-order valence-electron chi connectivity index (χ0n) is 11.4.